The maximum absolute atomic E-state index is 10.4. The van der Waals surface area contributed by atoms with E-state index in [0.29, 0.717) is 17.1 Å². The van der Waals surface area contributed by atoms with Crippen molar-refractivity contribution in [1.29, 1.82) is 0 Å². The van der Waals surface area contributed by atoms with Gasteiger partial charge >= 0.3 is 5.97 Å². The highest BCUT2D eigenvalue weighted by molar-refractivity contribution is 5.86. The Morgan fingerprint density at radius 3 is 2.65 bits per heavy atom. The molecule has 4 heteroatoms. The number of benzene rings is 1. The van der Waals surface area contributed by atoms with Crippen molar-refractivity contribution in [2.45, 2.75) is 20.0 Å². The largest absolute Gasteiger partial charge is 0.496 e. The van der Waals surface area contributed by atoms with Gasteiger partial charge in [-0.2, -0.15) is 0 Å². The van der Waals surface area contributed by atoms with Gasteiger partial charge in [-0.25, -0.2) is 4.79 Å². The fourth-order valence-electron chi connectivity index (χ4n) is 1.34. The Morgan fingerprint density at radius 2 is 2.12 bits per heavy atom. The third-order valence-corrected chi connectivity index (χ3v) is 1.98. The fourth-order valence-corrected chi connectivity index (χ4v) is 1.34. The van der Waals surface area contributed by atoms with Crippen LogP contribution in [0.25, 0.3) is 6.08 Å². The summed E-state index contributed by atoms with van der Waals surface area (Å²) >= 11 is 0. The summed E-state index contributed by atoms with van der Waals surface area (Å²) in [6, 6.07) is 5.28. The number of hydrogen-bond donors (Lipinski definition) is 1. The summed E-state index contributed by atoms with van der Waals surface area (Å²) in [5.74, 6) is 0.291. The van der Waals surface area contributed by atoms with Gasteiger partial charge in [0.25, 0.3) is 0 Å². The quantitative estimate of drug-likeness (QED) is 0.798. The Balaban J connectivity index is 2.97. The zero-order valence-electron chi connectivity index (χ0n) is 10.1. The van der Waals surface area contributed by atoms with Crippen molar-refractivity contribution >= 4 is 12.0 Å². The van der Waals surface area contributed by atoms with Crippen LogP contribution in [0.4, 0.5) is 0 Å². The molecule has 1 rings (SSSR count). The number of carboxylic acids is 1. The maximum atomic E-state index is 10.4. The van der Waals surface area contributed by atoms with E-state index in [-0.39, 0.29) is 6.10 Å². The molecule has 0 spiro atoms. The number of ether oxygens (including phenoxy) is 2. The number of carboxylic acid groups (broad SMARTS) is 1. The van der Waals surface area contributed by atoms with Crippen LogP contribution in [0.5, 0.6) is 11.5 Å². The summed E-state index contributed by atoms with van der Waals surface area (Å²) < 4.78 is 10.7. The zero-order chi connectivity index (χ0) is 12.8. The topological polar surface area (TPSA) is 55.8 Å². The molecule has 0 saturated heterocycles. The number of aliphatic carboxylic acids is 1. The molecule has 0 aliphatic carbocycles. The van der Waals surface area contributed by atoms with Crippen LogP contribution in [-0.2, 0) is 4.79 Å². The third-order valence-electron chi connectivity index (χ3n) is 1.98. The van der Waals surface area contributed by atoms with Gasteiger partial charge in [0.05, 0.1) is 13.2 Å². The first-order chi connectivity index (χ1) is 8.02. The van der Waals surface area contributed by atoms with Gasteiger partial charge in [0.15, 0.2) is 0 Å². The second-order valence-corrected chi connectivity index (χ2v) is 3.74. The molecule has 1 N–H and O–H groups in total. The highest BCUT2D eigenvalue weighted by atomic mass is 16.5. The summed E-state index contributed by atoms with van der Waals surface area (Å²) in [4.78, 5) is 10.4. The second kappa shape index (κ2) is 5.94. The molecule has 92 valence electrons. The molecule has 0 bridgehead atoms. The van der Waals surface area contributed by atoms with Gasteiger partial charge in [0, 0.05) is 17.7 Å². The van der Waals surface area contributed by atoms with Gasteiger partial charge < -0.3 is 14.6 Å². The van der Waals surface area contributed by atoms with Crippen molar-refractivity contribution in [3.63, 3.8) is 0 Å². The Kier molecular flexibility index (Phi) is 4.57. The van der Waals surface area contributed by atoms with Crippen LogP contribution in [0.1, 0.15) is 19.4 Å². The van der Waals surface area contributed by atoms with Gasteiger partial charge in [0.1, 0.15) is 11.5 Å². The van der Waals surface area contributed by atoms with E-state index in [9.17, 15) is 4.79 Å². The first-order valence-corrected chi connectivity index (χ1v) is 5.28. The first kappa shape index (κ1) is 13.1. The maximum Gasteiger partial charge on any atom is 0.328 e. The van der Waals surface area contributed by atoms with Crippen molar-refractivity contribution in [3.05, 3.63) is 29.8 Å². The highest BCUT2D eigenvalue weighted by Crippen LogP contribution is 2.26. The Hall–Kier alpha value is -1.97. The number of rotatable bonds is 5. The summed E-state index contributed by atoms with van der Waals surface area (Å²) in [7, 11) is 1.53. The van der Waals surface area contributed by atoms with Crippen LogP contribution in [0.3, 0.4) is 0 Å². The first-order valence-electron chi connectivity index (χ1n) is 5.28. The number of carbonyl (C=O) groups is 1. The molecule has 0 radical (unpaired) electrons. The van der Waals surface area contributed by atoms with Crippen LogP contribution in [-0.4, -0.2) is 24.3 Å². The summed E-state index contributed by atoms with van der Waals surface area (Å²) in [5.41, 5.74) is 0.700. The Morgan fingerprint density at radius 1 is 1.41 bits per heavy atom. The Labute approximate surface area is 100 Å². The van der Waals surface area contributed by atoms with Gasteiger partial charge in [-0.3, -0.25) is 0 Å². The predicted octanol–water partition coefficient (Wildman–Crippen LogP) is 2.58. The lowest BCUT2D eigenvalue weighted by molar-refractivity contribution is -0.131. The van der Waals surface area contributed by atoms with Crippen molar-refractivity contribution in [2.75, 3.05) is 7.11 Å². The second-order valence-electron chi connectivity index (χ2n) is 3.74. The molecule has 0 heterocycles. The zero-order valence-corrected chi connectivity index (χ0v) is 10.1. The van der Waals surface area contributed by atoms with Crippen LogP contribution in [0.15, 0.2) is 24.3 Å². The molecule has 0 fully saturated rings. The minimum absolute atomic E-state index is 0.0834. The molecular weight excluding hydrogens is 220 g/mol. The van der Waals surface area contributed by atoms with E-state index in [1.807, 2.05) is 13.8 Å². The van der Waals surface area contributed by atoms with Crippen molar-refractivity contribution in [3.8, 4) is 11.5 Å². The van der Waals surface area contributed by atoms with Gasteiger partial charge in [-0.1, -0.05) is 0 Å². The molecule has 1 aromatic carbocycles. The molecule has 0 saturated carbocycles. The molecule has 0 atom stereocenters. The van der Waals surface area contributed by atoms with Gasteiger partial charge in [-0.15, -0.1) is 0 Å². The molecule has 0 aliphatic heterocycles. The fraction of sp³-hybridized carbons (Fsp3) is 0.308. The van der Waals surface area contributed by atoms with Crippen molar-refractivity contribution < 1.29 is 19.4 Å². The normalized spacial score (nSPS) is 10.8. The third kappa shape index (κ3) is 4.18. The van der Waals surface area contributed by atoms with Gasteiger partial charge in [-0.05, 0) is 32.1 Å². The number of methoxy groups -OCH3 is 1. The molecular formula is C13H16O4. The van der Waals surface area contributed by atoms with E-state index >= 15 is 0 Å². The lowest BCUT2D eigenvalue weighted by Gasteiger charge is -2.12. The Bertz CT molecular complexity index is 421. The van der Waals surface area contributed by atoms with E-state index in [4.69, 9.17) is 14.6 Å². The van der Waals surface area contributed by atoms with Crippen LogP contribution < -0.4 is 9.47 Å². The summed E-state index contributed by atoms with van der Waals surface area (Å²) in [5, 5.41) is 8.56. The SMILES string of the molecule is COc1cc(OC(C)C)ccc1/C=C/C(=O)O. The van der Waals surface area contributed by atoms with E-state index in [0.717, 1.165) is 6.08 Å². The van der Waals surface area contributed by atoms with Crippen molar-refractivity contribution in [2.24, 2.45) is 0 Å². The monoisotopic (exact) mass is 236 g/mol. The predicted molar refractivity (Wildman–Crippen MR) is 65.4 cm³/mol. The van der Waals surface area contributed by atoms with Crippen LogP contribution in [0, 0.1) is 0 Å². The van der Waals surface area contributed by atoms with Gasteiger partial charge in [0.2, 0.25) is 0 Å². The summed E-state index contributed by atoms with van der Waals surface area (Å²) in [6.07, 6.45) is 2.64. The molecule has 0 aromatic heterocycles. The van der Waals surface area contributed by atoms with Crippen LogP contribution in [0.2, 0.25) is 0 Å². The standard InChI is InChI=1S/C13H16O4/c1-9(2)17-11-6-4-10(5-7-13(14)15)12(8-11)16-3/h4-9H,1-3H3,(H,14,15)/b7-5+. The lowest BCUT2D eigenvalue weighted by Crippen LogP contribution is -2.05. The molecule has 17 heavy (non-hydrogen) atoms. The van der Waals surface area contributed by atoms with E-state index < -0.39 is 5.97 Å². The van der Waals surface area contributed by atoms with Crippen molar-refractivity contribution in [1.82, 2.24) is 0 Å². The molecule has 0 amide bonds. The average molecular weight is 236 g/mol. The molecule has 4 nitrogen and oxygen atoms in total. The number of hydrogen-bond acceptors (Lipinski definition) is 3. The molecule has 0 unspecified atom stereocenters. The average Bonchev–Trinajstić information content (AvgIpc) is 2.26. The van der Waals surface area contributed by atoms with E-state index in [2.05, 4.69) is 0 Å². The summed E-state index contributed by atoms with van der Waals surface area (Å²) in [6.45, 7) is 3.87. The van der Waals surface area contributed by atoms with Crippen LogP contribution >= 0.6 is 0 Å². The van der Waals surface area contributed by atoms with E-state index in [1.54, 1.807) is 18.2 Å². The smallest absolute Gasteiger partial charge is 0.328 e. The highest BCUT2D eigenvalue weighted by Gasteiger charge is 2.04. The molecule has 0 aliphatic rings. The molecule has 1 aromatic rings. The minimum atomic E-state index is -0.991. The lowest BCUT2D eigenvalue weighted by atomic mass is 10.1. The minimum Gasteiger partial charge on any atom is -0.496 e. The van der Waals surface area contributed by atoms with E-state index in [1.165, 1.54) is 13.2 Å².